The van der Waals surface area contributed by atoms with Crippen LogP contribution in [0.1, 0.15) is 0 Å². The van der Waals surface area contributed by atoms with Crippen LogP contribution in [-0.4, -0.2) is 15.3 Å². The lowest BCUT2D eigenvalue weighted by Crippen LogP contribution is -2.07. The van der Waals surface area contributed by atoms with Crippen LogP contribution in [0.4, 0.5) is 0 Å². The van der Waals surface area contributed by atoms with E-state index < -0.39 is 30.8 Å². The smallest absolute Gasteiger partial charge is 0.508 e. The highest BCUT2D eigenvalue weighted by Crippen LogP contribution is 2.54. The number of phosphoric ester groups is 1. The molecule has 0 aromatic heterocycles. The number of phenolic OH excluding ortho intramolecular Hbond substituents is 3. The zero-order valence-electron chi connectivity index (χ0n) is 13.4. The van der Waals surface area contributed by atoms with Crippen LogP contribution in [0, 0.1) is 0 Å². The van der Waals surface area contributed by atoms with Crippen molar-refractivity contribution in [2.75, 3.05) is 0 Å². The summed E-state index contributed by atoms with van der Waals surface area (Å²) in [6, 6.07) is 18.2. The molecule has 0 radical (unpaired) electrons. The summed E-state index contributed by atoms with van der Waals surface area (Å²) in [5.74, 6) is -1.80. The standard InChI is InChI=1S/C18H15O7P/c19-13-11-16(20)18(17(21)12-13)25-26(22,23-14-7-3-1-4-8-14)24-15-9-5-2-6-10-15/h1-12,19-21H. The molecule has 26 heavy (non-hydrogen) atoms. The molecule has 134 valence electrons. The maximum absolute atomic E-state index is 13.2. The first-order chi connectivity index (χ1) is 12.5. The average Bonchev–Trinajstić information content (AvgIpc) is 2.60. The number of para-hydroxylation sites is 2. The van der Waals surface area contributed by atoms with Crippen LogP contribution in [0.3, 0.4) is 0 Å². The molecule has 0 amide bonds. The highest BCUT2D eigenvalue weighted by molar-refractivity contribution is 7.49. The first kappa shape index (κ1) is 17.5. The summed E-state index contributed by atoms with van der Waals surface area (Å²) < 4.78 is 29.1. The molecule has 0 aliphatic heterocycles. The second kappa shape index (κ2) is 7.29. The Morgan fingerprint density at radius 1 is 0.654 bits per heavy atom. The molecule has 0 fully saturated rings. The van der Waals surface area contributed by atoms with Crippen LogP contribution in [0.5, 0.6) is 34.5 Å². The van der Waals surface area contributed by atoms with Crippen LogP contribution < -0.4 is 13.6 Å². The zero-order chi connectivity index (χ0) is 18.6. The lowest BCUT2D eigenvalue weighted by molar-refractivity contribution is 0.284. The Hall–Kier alpha value is -3.31. The molecule has 0 bridgehead atoms. The molecule has 0 aliphatic rings. The first-order valence-corrected chi connectivity index (χ1v) is 8.95. The molecule has 3 rings (SSSR count). The Labute approximate surface area is 149 Å². The Bertz CT molecular complexity index is 860. The van der Waals surface area contributed by atoms with Crippen molar-refractivity contribution in [2.45, 2.75) is 0 Å². The van der Waals surface area contributed by atoms with E-state index in [-0.39, 0.29) is 11.5 Å². The van der Waals surface area contributed by atoms with Gasteiger partial charge in [0.05, 0.1) is 0 Å². The maximum Gasteiger partial charge on any atom is 0.647 e. The van der Waals surface area contributed by atoms with E-state index in [4.69, 9.17) is 13.6 Å². The summed E-state index contributed by atoms with van der Waals surface area (Å²) in [6.45, 7) is 0. The molecular weight excluding hydrogens is 359 g/mol. The molecule has 0 unspecified atom stereocenters. The van der Waals surface area contributed by atoms with Crippen LogP contribution in [0.2, 0.25) is 0 Å². The van der Waals surface area contributed by atoms with E-state index in [1.165, 1.54) is 0 Å². The molecule has 7 nitrogen and oxygen atoms in total. The fourth-order valence-electron chi connectivity index (χ4n) is 2.07. The predicted molar refractivity (Wildman–Crippen MR) is 93.8 cm³/mol. The van der Waals surface area contributed by atoms with Crippen molar-refractivity contribution in [1.82, 2.24) is 0 Å². The van der Waals surface area contributed by atoms with Crippen molar-refractivity contribution in [1.29, 1.82) is 0 Å². The number of hydrogen-bond acceptors (Lipinski definition) is 7. The van der Waals surface area contributed by atoms with Crippen molar-refractivity contribution in [3.63, 3.8) is 0 Å². The molecule has 3 aromatic rings. The third kappa shape index (κ3) is 4.20. The quantitative estimate of drug-likeness (QED) is 0.548. The lowest BCUT2D eigenvalue weighted by atomic mass is 10.3. The van der Waals surface area contributed by atoms with Gasteiger partial charge in [0.2, 0.25) is 5.75 Å². The van der Waals surface area contributed by atoms with E-state index in [9.17, 15) is 19.9 Å². The second-order valence-electron chi connectivity index (χ2n) is 5.16. The first-order valence-electron chi connectivity index (χ1n) is 7.49. The van der Waals surface area contributed by atoms with Crippen molar-refractivity contribution in [2.24, 2.45) is 0 Å². The summed E-state index contributed by atoms with van der Waals surface area (Å²) >= 11 is 0. The Balaban J connectivity index is 1.96. The molecule has 0 heterocycles. The van der Waals surface area contributed by atoms with Crippen molar-refractivity contribution >= 4 is 7.82 Å². The van der Waals surface area contributed by atoms with Crippen molar-refractivity contribution < 1.29 is 33.5 Å². The largest absolute Gasteiger partial charge is 0.647 e. The monoisotopic (exact) mass is 374 g/mol. The average molecular weight is 374 g/mol. The normalized spacial score (nSPS) is 10.9. The third-order valence-corrected chi connectivity index (χ3v) is 4.43. The summed E-state index contributed by atoms with van der Waals surface area (Å²) in [5.41, 5.74) is 0. The third-order valence-electron chi connectivity index (χ3n) is 3.16. The molecule has 0 atom stereocenters. The Morgan fingerprint density at radius 3 is 1.50 bits per heavy atom. The van der Waals surface area contributed by atoms with Gasteiger partial charge in [0, 0.05) is 12.1 Å². The number of benzene rings is 3. The predicted octanol–water partition coefficient (Wildman–Crippen LogP) is 4.45. The van der Waals surface area contributed by atoms with Gasteiger partial charge in [-0.15, -0.1) is 0 Å². The summed E-state index contributed by atoms with van der Waals surface area (Å²) in [7, 11) is -4.36. The number of phosphoric acid groups is 1. The maximum atomic E-state index is 13.2. The highest BCUT2D eigenvalue weighted by Gasteiger charge is 2.35. The molecule has 3 aromatic carbocycles. The van der Waals surface area contributed by atoms with Gasteiger partial charge >= 0.3 is 7.82 Å². The van der Waals surface area contributed by atoms with Gasteiger partial charge in [-0.25, -0.2) is 0 Å². The van der Waals surface area contributed by atoms with Crippen LogP contribution in [-0.2, 0) is 4.57 Å². The minimum Gasteiger partial charge on any atom is -0.508 e. The minimum absolute atomic E-state index is 0.199. The van der Waals surface area contributed by atoms with E-state index in [1.807, 2.05) is 0 Å². The van der Waals surface area contributed by atoms with Crippen molar-refractivity contribution in [3.05, 3.63) is 72.8 Å². The lowest BCUT2D eigenvalue weighted by Gasteiger charge is -2.20. The van der Waals surface area contributed by atoms with Crippen LogP contribution >= 0.6 is 7.82 Å². The Morgan fingerprint density at radius 2 is 1.08 bits per heavy atom. The molecule has 0 saturated heterocycles. The van der Waals surface area contributed by atoms with Gasteiger partial charge in [-0.1, -0.05) is 36.4 Å². The Kier molecular flexibility index (Phi) is 4.91. The second-order valence-corrected chi connectivity index (χ2v) is 6.60. The number of aromatic hydroxyl groups is 3. The molecule has 3 N–H and O–H groups in total. The van der Waals surface area contributed by atoms with Gasteiger partial charge < -0.3 is 28.9 Å². The molecule has 0 aliphatic carbocycles. The van der Waals surface area contributed by atoms with Crippen LogP contribution in [0.15, 0.2) is 72.8 Å². The minimum atomic E-state index is -4.36. The van der Waals surface area contributed by atoms with Gasteiger partial charge in [0.1, 0.15) is 17.2 Å². The van der Waals surface area contributed by atoms with Crippen molar-refractivity contribution in [3.8, 4) is 34.5 Å². The topological polar surface area (TPSA) is 105 Å². The van der Waals surface area contributed by atoms with Gasteiger partial charge in [-0.3, -0.25) is 0 Å². The van der Waals surface area contributed by atoms with E-state index in [0.29, 0.717) is 0 Å². The zero-order valence-corrected chi connectivity index (χ0v) is 14.2. The van der Waals surface area contributed by atoms with E-state index >= 15 is 0 Å². The molecule has 8 heteroatoms. The van der Waals surface area contributed by atoms with Gasteiger partial charge in [0.15, 0.2) is 11.5 Å². The fourth-order valence-corrected chi connectivity index (χ4v) is 3.35. The number of rotatable bonds is 6. The highest BCUT2D eigenvalue weighted by atomic mass is 31.2. The number of hydrogen-bond donors (Lipinski definition) is 3. The SMILES string of the molecule is O=P(Oc1ccccc1)(Oc1ccccc1)Oc1c(O)cc(O)cc1O. The van der Waals surface area contributed by atoms with Gasteiger partial charge in [-0.05, 0) is 24.3 Å². The van der Waals surface area contributed by atoms with Gasteiger partial charge in [-0.2, -0.15) is 4.57 Å². The fraction of sp³-hybridized carbons (Fsp3) is 0. The van der Waals surface area contributed by atoms with E-state index in [0.717, 1.165) is 12.1 Å². The molecule has 0 saturated carbocycles. The van der Waals surface area contributed by atoms with Crippen LogP contribution in [0.25, 0.3) is 0 Å². The van der Waals surface area contributed by atoms with E-state index in [1.54, 1.807) is 60.7 Å². The summed E-state index contributed by atoms with van der Waals surface area (Å²) in [5, 5.41) is 29.2. The molecular formula is C18H15O7P. The summed E-state index contributed by atoms with van der Waals surface area (Å²) in [4.78, 5) is 0. The van der Waals surface area contributed by atoms with Gasteiger partial charge in [0.25, 0.3) is 0 Å². The van der Waals surface area contributed by atoms with E-state index in [2.05, 4.69) is 0 Å². The molecule has 0 spiro atoms. The summed E-state index contributed by atoms with van der Waals surface area (Å²) in [6.07, 6.45) is 0. The number of phenols is 3.